The van der Waals surface area contributed by atoms with E-state index in [1.165, 1.54) is 7.11 Å². The van der Waals surface area contributed by atoms with Crippen molar-refractivity contribution in [3.05, 3.63) is 16.7 Å². The first-order chi connectivity index (χ1) is 9.92. The maximum Gasteiger partial charge on any atom is 0.205 e. The summed E-state index contributed by atoms with van der Waals surface area (Å²) in [6, 6.07) is 1.74. The lowest BCUT2D eigenvalue weighted by Gasteiger charge is -2.31. The Morgan fingerprint density at radius 3 is 2.00 bits per heavy atom. The lowest BCUT2D eigenvalue weighted by molar-refractivity contribution is 0.143. The van der Waals surface area contributed by atoms with Crippen LogP contribution in [0.15, 0.2) is 6.07 Å². The van der Waals surface area contributed by atoms with Gasteiger partial charge < -0.3 is 24.2 Å². The van der Waals surface area contributed by atoms with E-state index >= 15 is 0 Å². The molecular formula is C15H24ClNO4. The average molecular weight is 318 g/mol. The first-order valence-corrected chi connectivity index (χ1v) is 7.06. The zero-order valence-electron chi connectivity index (χ0n) is 13.4. The molecule has 21 heavy (non-hydrogen) atoms. The van der Waals surface area contributed by atoms with Gasteiger partial charge in [0.1, 0.15) is 0 Å². The number of rotatable bonds is 7. The van der Waals surface area contributed by atoms with E-state index in [0.717, 1.165) is 5.56 Å². The van der Waals surface area contributed by atoms with E-state index in [9.17, 15) is 5.11 Å². The molecule has 0 saturated carbocycles. The number of benzene rings is 1. The van der Waals surface area contributed by atoms with Crippen molar-refractivity contribution >= 4 is 11.6 Å². The highest BCUT2D eigenvalue weighted by Crippen LogP contribution is 2.48. The SMILES string of the molecule is COc1c(Cl)cc(C(C(C)CO)N(C)C)c(OC)c1OC. The number of aliphatic hydroxyl groups excluding tert-OH is 1. The van der Waals surface area contributed by atoms with Gasteiger partial charge in [0.2, 0.25) is 5.75 Å². The van der Waals surface area contributed by atoms with Gasteiger partial charge in [-0.1, -0.05) is 18.5 Å². The molecule has 1 aromatic rings. The summed E-state index contributed by atoms with van der Waals surface area (Å²) >= 11 is 6.30. The monoisotopic (exact) mass is 317 g/mol. The first kappa shape index (κ1) is 17.9. The topological polar surface area (TPSA) is 51.2 Å². The van der Waals surface area contributed by atoms with Crippen LogP contribution < -0.4 is 14.2 Å². The van der Waals surface area contributed by atoms with Crippen molar-refractivity contribution in [1.82, 2.24) is 4.90 Å². The number of aliphatic hydroxyl groups is 1. The van der Waals surface area contributed by atoms with E-state index in [-0.39, 0.29) is 18.6 Å². The van der Waals surface area contributed by atoms with Crippen molar-refractivity contribution in [2.45, 2.75) is 13.0 Å². The van der Waals surface area contributed by atoms with Crippen LogP contribution in [-0.2, 0) is 0 Å². The molecule has 0 aromatic heterocycles. The minimum Gasteiger partial charge on any atom is -0.492 e. The van der Waals surface area contributed by atoms with Crippen LogP contribution in [-0.4, -0.2) is 52.0 Å². The lowest BCUT2D eigenvalue weighted by atomic mass is 9.93. The van der Waals surface area contributed by atoms with Crippen molar-refractivity contribution in [2.24, 2.45) is 5.92 Å². The molecule has 1 rings (SSSR count). The normalized spacial score (nSPS) is 14.0. The largest absolute Gasteiger partial charge is 0.492 e. The fourth-order valence-corrected chi connectivity index (χ4v) is 2.89. The maximum atomic E-state index is 9.52. The molecule has 6 heteroatoms. The fourth-order valence-electron chi connectivity index (χ4n) is 2.61. The molecule has 2 atom stereocenters. The summed E-state index contributed by atoms with van der Waals surface area (Å²) in [5, 5.41) is 9.97. The third-order valence-electron chi connectivity index (χ3n) is 3.49. The Morgan fingerprint density at radius 1 is 1.10 bits per heavy atom. The van der Waals surface area contributed by atoms with Crippen molar-refractivity contribution in [2.75, 3.05) is 42.0 Å². The molecule has 0 aliphatic rings. The molecule has 2 unspecified atom stereocenters. The predicted molar refractivity (Wildman–Crippen MR) is 83.8 cm³/mol. The second-order valence-corrected chi connectivity index (χ2v) is 5.52. The molecule has 0 aliphatic carbocycles. The van der Waals surface area contributed by atoms with Crippen molar-refractivity contribution in [3.8, 4) is 17.2 Å². The Morgan fingerprint density at radius 2 is 1.62 bits per heavy atom. The molecule has 1 aromatic carbocycles. The van der Waals surface area contributed by atoms with Crippen LogP contribution in [0, 0.1) is 5.92 Å². The van der Waals surface area contributed by atoms with Crippen LogP contribution in [0.2, 0.25) is 5.02 Å². The number of hydrogen-bond donors (Lipinski definition) is 1. The average Bonchev–Trinajstić information content (AvgIpc) is 2.45. The highest BCUT2D eigenvalue weighted by Gasteiger charge is 2.29. The summed E-state index contributed by atoms with van der Waals surface area (Å²) < 4.78 is 16.2. The smallest absolute Gasteiger partial charge is 0.205 e. The summed E-state index contributed by atoms with van der Waals surface area (Å²) in [5.41, 5.74) is 0.853. The molecule has 0 spiro atoms. The van der Waals surface area contributed by atoms with Crippen LogP contribution >= 0.6 is 11.6 Å². The Hall–Kier alpha value is -1.17. The highest BCUT2D eigenvalue weighted by atomic mass is 35.5. The zero-order chi connectivity index (χ0) is 16.2. The molecule has 5 nitrogen and oxygen atoms in total. The van der Waals surface area contributed by atoms with E-state index in [0.29, 0.717) is 22.3 Å². The fraction of sp³-hybridized carbons (Fsp3) is 0.600. The van der Waals surface area contributed by atoms with Gasteiger partial charge in [-0.15, -0.1) is 0 Å². The van der Waals surface area contributed by atoms with E-state index in [4.69, 9.17) is 25.8 Å². The van der Waals surface area contributed by atoms with Gasteiger partial charge in [-0.2, -0.15) is 0 Å². The third-order valence-corrected chi connectivity index (χ3v) is 3.77. The van der Waals surface area contributed by atoms with E-state index in [2.05, 4.69) is 0 Å². The molecule has 0 aliphatic heterocycles. The van der Waals surface area contributed by atoms with Gasteiger partial charge in [0, 0.05) is 18.2 Å². The third kappa shape index (κ3) is 3.54. The summed E-state index contributed by atoms with van der Waals surface area (Å²) in [5.74, 6) is 1.47. The van der Waals surface area contributed by atoms with Crippen LogP contribution in [0.3, 0.4) is 0 Å². The number of methoxy groups -OCH3 is 3. The summed E-state index contributed by atoms with van der Waals surface area (Å²) in [4.78, 5) is 2.01. The van der Waals surface area contributed by atoms with Crippen LogP contribution in [0.5, 0.6) is 17.2 Å². The summed E-state index contributed by atoms with van der Waals surface area (Å²) in [7, 11) is 8.54. The quantitative estimate of drug-likeness (QED) is 0.837. The molecule has 0 fully saturated rings. The van der Waals surface area contributed by atoms with Gasteiger partial charge in [0.15, 0.2) is 11.5 Å². The number of ether oxygens (including phenoxy) is 3. The highest BCUT2D eigenvalue weighted by molar-refractivity contribution is 6.32. The van der Waals surface area contributed by atoms with Gasteiger partial charge in [0.05, 0.1) is 26.4 Å². The van der Waals surface area contributed by atoms with Crippen molar-refractivity contribution in [1.29, 1.82) is 0 Å². The van der Waals surface area contributed by atoms with E-state index < -0.39 is 0 Å². The zero-order valence-corrected chi connectivity index (χ0v) is 14.2. The Labute approximate surface area is 131 Å². The van der Waals surface area contributed by atoms with Gasteiger partial charge in [0.25, 0.3) is 0 Å². The Balaban J connectivity index is 3.57. The minimum atomic E-state index is -0.0674. The number of halogens is 1. The molecule has 120 valence electrons. The van der Waals surface area contributed by atoms with Crippen LogP contribution in [0.25, 0.3) is 0 Å². The molecule has 0 heterocycles. The molecule has 1 N–H and O–H groups in total. The summed E-state index contributed by atoms with van der Waals surface area (Å²) in [6.07, 6.45) is 0. The molecular weight excluding hydrogens is 294 g/mol. The Kier molecular flexibility index (Phi) is 6.58. The molecule has 0 amide bonds. The first-order valence-electron chi connectivity index (χ1n) is 6.68. The maximum absolute atomic E-state index is 9.52. The standard InChI is InChI=1S/C15H24ClNO4/c1-9(8-18)12(17(2)3)10-7-11(16)14(20-5)15(21-6)13(10)19-4/h7,9,12,18H,8H2,1-6H3. The van der Waals surface area contributed by atoms with Crippen LogP contribution in [0.4, 0.5) is 0 Å². The lowest BCUT2D eigenvalue weighted by Crippen LogP contribution is -2.28. The predicted octanol–water partition coefficient (Wildman–Crippen LogP) is 2.60. The number of hydrogen-bond acceptors (Lipinski definition) is 5. The minimum absolute atomic E-state index is 0.00284. The van der Waals surface area contributed by atoms with Gasteiger partial charge in [-0.3, -0.25) is 0 Å². The Bertz CT molecular complexity index is 479. The number of nitrogens with zero attached hydrogens (tertiary/aromatic N) is 1. The van der Waals surface area contributed by atoms with Gasteiger partial charge in [-0.25, -0.2) is 0 Å². The molecule has 0 saturated heterocycles. The van der Waals surface area contributed by atoms with Crippen LogP contribution in [0.1, 0.15) is 18.5 Å². The van der Waals surface area contributed by atoms with Gasteiger partial charge in [-0.05, 0) is 26.1 Å². The van der Waals surface area contributed by atoms with Gasteiger partial charge >= 0.3 is 0 Å². The molecule has 0 bridgehead atoms. The van der Waals surface area contributed by atoms with Crippen molar-refractivity contribution < 1.29 is 19.3 Å². The molecule has 0 radical (unpaired) electrons. The van der Waals surface area contributed by atoms with E-state index in [1.54, 1.807) is 20.3 Å². The van der Waals surface area contributed by atoms with Crippen molar-refractivity contribution in [3.63, 3.8) is 0 Å². The summed E-state index contributed by atoms with van der Waals surface area (Å²) in [6.45, 7) is 2.02. The van der Waals surface area contributed by atoms with E-state index in [1.807, 2.05) is 25.9 Å². The second kappa shape index (κ2) is 7.73. The second-order valence-electron chi connectivity index (χ2n) is 5.12.